The van der Waals surface area contributed by atoms with Gasteiger partial charge in [0, 0.05) is 12.5 Å². The van der Waals surface area contributed by atoms with Gasteiger partial charge in [0.25, 0.3) is 11.6 Å². The first-order valence-corrected chi connectivity index (χ1v) is 9.29. The molecule has 0 aliphatic rings. The molecule has 2 aromatic rings. The maximum absolute atomic E-state index is 12.4. The Hall–Kier alpha value is -4.15. The number of nitrogens with one attached hydrogen (secondary N) is 1. The van der Waals surface area contributed by atoms with E-state index in [1.807, 2.05) is 6.07 Å². The van der Waals surface area contributed by atoms with Crippen LogP contribution in [0.4, 0.5) is 5.69 Å². The first-order valence-electron chi connectivity index (χ1n) is 9.29. The minimum Gasteiger partial charge on any atom is -0.493 e. The maximum Gasteiger partial charge on any atom is 0.345 e. The number of benzene rings is 2. The van der Waals surface area contributed by atoms with Gasteiger partial charge in [-0.3, -0.25) is 14.9 Å². The van der Waals surface area contributed by atoms with E-state index in [1.54, 1.807) is 24.3 Å². The number of carbonyl (C=O) groups excluding carboxylic acids is 3. The minimum absolute atomic E-state index is 0.0512. The zero-order chi connectivity index (χ0) is 23.7. The molecular formula is C21H22N2O9. The van der Waals surface area contributed by atoms with Gasteiger partial charge in [0.15, 0.2) is 18.1 Å². The van der Waals surface area contributed by atoms with Crippen molar-refractivity contribution in [2.45, 2.75) is 12.5 Å². The number of esters is 2. The second-order valence-electron chi connectivity index (χ2n) is 6.39. The summed E-state index contributed by atoms with van der Waals surface area (Å²) in [5.74, 6) is -2.46. The zero-order valence-electron chi connectivity index (χ0n) is 17.7. The van der Waals surface area contributed by atoms with Crippen molar-refractivity contribution in [1.82, 2.24) is 5.32 Å². The third-order valence-corrected chi connectivity index (χ3v) is 4.36. The number of hydrogen-bond acceptors (Lipinski definition) is 9. The van der Waals surface area contributed by atoms with Gasteiger partial charge in [-0.05, 0) is 5.56 Å². The van der Waals surface area contributed by atoms with Gasteiger partial charge in [-0.2, -0.15) is 0 Å². The van der Waals surface area contributed by atoms with E-state index in [4.69, 9.17) is 18.9 Å². The number of nitro benzene ring substituents is 1. The lowest BCUT2D eigenvalue weighted by Crippen LogP contribution is -2.44. The quantitative estimate of drug-likeness (QED) is 0.327. The molecule has 0 heterocycles. The lowest BCUT2D eigenvalue weighted by Gasteiger charge is -2.16. The Morgan fingerprint density at radius 3 is 2.22 bits per heavy atom. The van der Waals surface area contributed by atoms with Crippen molar-refractivity contribution < 1.29 is 38.3 Å². The monoisotopic (exact) mass is 446 g/mol. The number of methoxy groups -OCH3 is 3. The second-order valence-corrected chi connectivity index (χ2v) is 6.39. The van der Waals surface area contributed by atoms with Crippen molar-refractivity contribution >= 4 is 23.5 Å². The first-order chi connectivity index (χ1) is 15.3. The third-order valence-electron chi connectivity index (χ3n) is 4.36. The smallest absolute Gasteiger partial charge is 0.345 e. The topological polar surface area (TPSA) is 143 Å². The average Bonchev–Trinajstić information content (AvgIpc) is 2.81. The Kier molecular flexibility index (Phi) is 8.52. The van der Waals surface area contributed by atoms with Gasteiger partial charge in [-0.1, -0.05) is 30.3 Å². The van der Waals surface area contributed by atoms with Crippen molar-refractivity contribution in [1.29, 1.82) is 0 Å². The van der Waals surface area contributed by atoms with Crippen LogP contribution >= 0.6 is 0 Å². The number of carbonyl (C=O) groups is 3. The lowest BCUT2D eigenvalue weighted by atomic mass is 10.1. The van der Waals surface area contributed by atoms with Gasteiger partial charge in [0.2, 0.25) is 0 Å². The molecule has 1 unspecified atom stereocenters. The van der Waals surface area contributed by atoms with Crippen LogP contribution in [-0.2, 0) is 25.5 Å². The van der Waals surface area contributed by atoms with E-state index in [0.717, 1.165) is 17.7 Å². The molecule has 0 radical (unpaired) electrons. The van der Waals surface area contributed by atoms with Gasteiger partial charge >= 0.3 is 11.9 Å². The molecule has 0 saturated heterocycles. The summed E-state index contributed by atoms with van der Waals surface area (Å²) in [5, 5.41) is 13.8. The van der Waals surface area contributed by atoms with Crippen molar-refractivity contribution in [3.8, 4) is 11.5 Å². The predicted octanol–water partition coefficient (Wildman–Crippen LogP) is 1.67. The summed E-state index contributed by atoms with van der Waals surface area (Å²) in [5.41, 5.74) is -0.222. The number of nitrogens with zero attached hydrogens (tertiary/aromatic N) is 1. The second kappa shape index (κ2) is 11.3. The summed E-state index contributed by atoms with van der Waals surface area (Å²) in [6.45, 7) is -0.771. The number of ether oxygens (including phenoxy) is 4. The number of amides is 1. The van der Waals surface area contributed by atoms with Crippen LogP contribution in [0, 0.1) is 10.1 Å². The minimum atomic E-state index is -1.12. The van der Waals surface area contributed by atoms with Gasteiger partial charge in [-0.15, -0.1) is 0 Å². The fraction of sp³-hybridized carbons (Fsp3) is 0.286. The molecule has 0 aliphatic carbocycles. The molecule has 2 rings (SSSR count). The molecule has 1 N–H and O–H groups in total. The Bertz CT molecular complexity index is 992. The predicted molar refractivity (Wildman–Crippen MR) is 111 cm³/mol. The van der Waals surface area contributed by atoms with Crippen LogP contribution in [0.2, 0.25) is 0 Å². The summed E-state index contributed by atoms with van der Waals surface area (Å²) in [6.07, 6.45) is 0.161. The molecule has 0 bridgehead atoms. The Labute approximate surface area is 183 Å². The van der Waals surface area contributed by atoms with E-state index in [9.17, 15) is 24.5 Å². The molecule has 1 atom stereocenters. The Balaban J connectivity index is 2.10. The highest BCUT2D eigenvalue weighted by molar-refractivity contribution is 5.96. The van der Waals surface area contributed by atoms with Crippen LogP contribution < -0.4 is 14.8 Å². The largest absolute Gasteiger partial charge is 0.493 e. The van der Waals surface area contributed by atoms with E-state index in [-0.39, 0.29) is 17.9 Å². The van der Waals surface area contributed by atoms with Gasteiger partial charge in [-0.25, -0.2) is 9.59 Å². The normalized spacial score (nSPS) is 11.1. The van der Waals surface area contributed by atoms with Crippen molar-refractivity contribution in [3.63, 3.8) is 0 Å². The van der Waals surface area contributed by atoms with Gasteiger partial charge < -0.3 is 24.3 Å². The fourth-order valence-corrected chi connectivity index (χ4v) is 2.81. The van der Waals surface area contributed by atoms with Crippen LogP contribution in [-0.4, -0.2) is 56.7 Å². The molecule has 11 heteroatoms. The highest BCUT2D eigenvalue weighted by Crippen LogP contribution is 2.34. The molecule has 1 amide bonds. The van der Waals surface area contributed by atoms with Crippen LogP contribution in [0.3, 0.4) is 0 Å². The lowest BCUT2D eigenvalue weighted by molar-refractivity contribution is -0.385. The molecule has 0 spiro atoms. The van der Waals surface area contributed by atoms with Gasteiger partial charge in [0.05, 0.1) is 32.3 Å². The highest BCUT2D eigenvalue weighted by Gasteiger charge is 2.27. The SMILES string of the molecule is COC(=O)C(Cc1ccccc1)NC(=O)COC(=O)c1cc(OC)c(OC)cc1[N+](=O)[O-]. The van der Waals surface area contributed by atoms with E-state index < -0.39 is 46.7 Å². The molecule has 170 valence electrons. The summed E-state index contributed by atoms with van der Waals surface area (Å²) in [7, 11) is 3.77. The van der Waals surface area contributed by atoms with Crippen LogP contribution in [0.5, 0.6) is 11.5 Å². The Morgan fingerprint density at radius 2 is 1.66 bits per heavy atom. The van der Waals surface area contributed by atoms with Gasteiger partial charge in [0.1, 0.15) is 11.6 Å². The van der Waals surface area contributed by atoms with Crippen molar-refractivity contribution in [3.05, 3.63) is 63.7 Å². The highest BCUT2D eigenvalue weighted by atomic mass is 16.6. The zero-order valence-corrected chi connectivity index (χ0v) is 17.7. The molecule has 2 aromatic carbocycles. The van der Waals surface area contributed by atoms with E-state index in [0.29, 0.717) is 0 Å². The molecule has 11 nitrogen and oxygen atoms in total. The summed E-state index contributed by atoms with van der Waals surface area (Å²) in [6, 6.07) is 10.0. The van der Waals surface area contributed by atoms with Crippen LogP contribution in [0.1, 0.15) is 15.9 Å². The molecule has 0 fully saturated rings. The molecule has 32 heavy (non-hydrogen) atoms. The van der Waals surface area contributed by atoms with Crippen LogP contribution in [0.25, 0.3) is 0 Å². The summed E-state index contributed by atoms with van der Waals surface area (Å²) >= 11 is 0. The molecule has 0 aliphatic heterocycles. The fourth-order valence-electron chi connectivity index (χ4n) is 2.81. The number of rotatable bonds is 10. The number of nitro groups is 1. The first kappa shape index (κ1) is 24.1. The average molecular weight is 446 g/mol. The van der Waals surface area contributed by atoms with Crippen LogP contribution in [0.15, 0.2) is 42.5 Å². The number of hydrogen-bond donors (Lipinski definition) is 1. The third kappa shape index (κ3) is 6.17. The van der Waals surface area contributed by atoms with Crippen molar-refractivity contribution in [2.24, 2.45) is 0 Å². The molecular weight excluding hydrogens is 424 g/mol. The van der Waals surface area contributed by atoms with Crippen molar-refractivity contribution in [2.75, 3.05) is 27.9 Å². The molecule has 0 saturated carbocycles. The maximum atomic E-state index is 12.4. The van der Waals surface area contributed by atoms with E-state index >= 15 is 0 Å². The standard InChI is InChI=1S/C21H22N2O9/c1-29-17-10-14(16(23(27)28)11-18(17)30-2)20(25)32-12-19(24)22-15(21(26)31-3)9-13-7-5-4-6-8-13/h4-8,10-11,15H,9,12H2,1-3H3,(H,22,24). The Morgan fingerprint density at radius 1 is 1.03 bits per heavy atom. The summed E-state index contributed by atoms with van der Waals surface area (Å²) in [4.78, 5) is 47.2. The van der Waals surface area contributed by atoms with E-state index in [1.165, 1.54) is 21.3 Å². The summed E-state index contributed by atoms with van der Waals surface area (Å²) < 4.78 is 19.7. The molecule has 0 aromatic heterocycles. The van der Waals surface area contributed by atoms with E-state index in [2.05, 4.69) is 5.32 Å².